The van der Waals surface area contributed by atoms with Gasteiger partial charge in [0.15, 0.2) is 0 Å². The van der Waals surface area contributed by atoms with Crippen LogP contribution in [-0.4, -0.2) is 4.57 Å². The molecule has 0 N–H and O–H groups in total. The van der Waals surface area contributed by atoms with Gasteiger partial charge in [-0.1, -0.05) is 158 Å². The molecule has 3 heteroatoms. The lowest BCUT2D eigenvalue weighted by Gasteiger charge is -2.34. The SMILES string of the molecule is O=c1c2ccccc2oc2c(-c3cccc(-c4ccc5c(c4)-c4ccc(-n6c7ccccc7c7ccccc76)cc4C5(c4ccccc4)c4ccccc4)c3)cccc12. The van der Waals surface area contributed by atoms with Gasteiger partial charge in [-0.15, -0.1) is 0 Å². The van der Waals surface area contributed by atoms with E-state index < -0.39 is 5.41 Å². The van der Waals surface area contributed by atoms with Gasteiger partial charge in [-0.3, -0.25) is 4.79 Å². The number of hydrogen-bond acceptors (Lipinski definition) is 2. The summed E-state index contributed by atoms with van der Waals surface area (Å²) in [7, 11) is 0. The number of fused-ring (bicyclic) bond motifs is 8. The van der Waals surface area contributed by atoms with E-state index in [9.17, 15) is 4.79 Å². The van der Waals surface area contributed by atoms with Crippen LogP contribution in [-0.2, 0) is 5.41 Å². The van der Waals surface area contributed by atoms with Gasteiger partial charge < -0.3 is 8.98 Å². The van der Waals surface area contributed by atoms with Crippen molar-refractivity contribution in [3.05, 3.63) is 245 Å². The first-order valence-electron chi connectivity index (χ1n) is 20.1. The van der Waals surface area contributed by atoms with Crippen LogP contribution in [0.15, 0.2) is 222 Å². The zero-order valence-electron chi connectivity index (χ0n) is 32.0. The zero-order chi connectivity index (χ0) is 39.1. The number of aromatic nitrogens is 1. The van der Waals surface area contributed by atoms with E-state index in [0.717, 1.165) is 27.9 Å². The first-order valence-corrected chi connectivity index (χ1v) is 20.1. The number of para-hydroxylation sites is 4. The molecule has 0 bridgehead atoms. The van der Waals surface area contributed by atoms with Crippen LogP contribution >= 0.6 is 0 Å². The molecule has 0 amide bonds. The van der Waals surface area contributed by atoms with Crippen LogP contribution in [0.5, 0.6) is 0 Å². The molecule has 12 rings (SSSR count). The van der Waals surface area contributed by atoms with E-state index in [1.165, 1.54) is 55.2 Å². The molecule has 1 aliphatic rings. The summed E-state index contributed by atoms with van der Waals surface area (Å²) in [6.07, 6.45) is 0. The Kier molecular flexibility index (Phi) is 7.29. The molecular weight excluding hydrogens is 719 g/mol. The highest BCUT2D eigenvalue weighted by Crippen LogP contribution is 2.57. The second kappa shape index (κ2) is 12.9. The molecule has 59 heavy (non-hydrogen) atoms. The summed E-state index contributed by atoms with van der Waals surface area (Å²) < 4.78 is 8.87. The molecule has 0 fully saturated rings. The van der Waals surface area contributed by atoms with E-state index in [1.54, 1.807) is 0 Å². The maximum atomic E-state index is 13.6. The predicted octanol–water partition coefficient (Wildman–Crippen LogP) is 13.7. The maximum Gasteiger partial charge on any atom is 0.200 e. The van der Waals surface area contributed by atoms with E-state index in [1.807, 2.05) is 42.5 Å². The predicted molar refractivity (Wildman–Crippen MR) is 243 cm³/mol. The van der Waals surface area contributed by atoms with Crippen LogP contribution in [0.4, 0.5) is 0 Å². The highest BCUT2D eigenvalue weighted by molar-refractivity contribution is 6.09. The van der Waals surface area contributed by atoms with Gasteiger partial charge >= 0.3 is 0 Å². The van der Waals surface area contributed by atoms with Gasteiger partial charge in [0.2, 0.25) is 5.43 Å². The molecule has 0 aliphatic heterocycles. The summed E-state index contributed by atoms with van der Waals surface area (Å²) in [5.74, 6) is 0. The smallest absolute Gasteiger partial charge is 0.200 e. The van der Waals surface area contributed by atoms with Crippen molar-refractivity contribution in [1.82, 2.24) is 4.57 Å². The minimum Gasteiger partial charge on any atom is -0.455 e. The molecule has 2 heterocycles. The summed E-state index contributed by atoms with van der Waals surface area (Å²) in [4.78, 5) is 13.6. The Morgan fingerprint density at radius 3 is 1.71 bits per heavy atom. The molecule has 0 saturated carbocycles. The fourth-order valence-electron chi connectivity index (χ4n) is 9.92. The van der Waals surface area contributed by atoms with Crippen LogP contribution in [0.1, 0.15) is 22.3 Å². The number of hydrogen-bond donors (Lipinski definition) is 0. The quantitative estimate of drug-likeness (QED) is 0.164. The van der Waals surface area contributed by atoms with Gasteiger partial charge in [0.05, 0.1) is 27.2 Å². The molecule has 0 spiro atoms. The summed E-state index contributed by atoms with van der Waals surface area (Å²) in [6, 6.07) is 75.4. The first kappa shape index (κ1) is 33.4. The average molecular weight is 754 g/mol. The van der Waals surface area contributed by atoms with E-state index >= 15 is 0 Å². The molecule has 2 aromatic heterocycles. The average Bonchev–Trinajstić information content (AvgIpc) is 3.80. The fraction of sp³-hybridized carbons (Fsp3) is 0.0179. The van der Waals surface area contributed by atoms with Crippen LogP contribution in [0.25, 0.3) is 82.8 Å². The first-order chi connectivity index (χ1) is 29.2. The molecule has 1 aliphatic carbocycles. The molecule has 276 valence electrons. The summed E-state index contributed by atoms with van der Waals surface area (Å²) >= 11 is 0. The Morgan fingerprint density at radius 2 is 0.983 bits per heavy atom. The number of benzene rings is 9. The van der Waals surface area contributed by atoms with Crippen molar-refractivity contribution in [2.24, 2.45) is 0 Å². The Bertz CT molecular complexity index is 3430. The number of nitrogens with zero attached hydrogens (tertiary/aromatic N) is 1. The maximum absolute atomic E-state index is 13.6. The van der Waals surface area contributed by atoms with Gasteiger partial charge in [0, 0.05) is 22.0 Å². The molecular formula is C56H35NO2. The van der Waals surface area contributed by atoms with Crippen LogP contribution in [0.2, 0.25) is 0 Å². The van der Waals surface area contributed by atoms with Crippen molar-refractivity contribution in [1.29, 1.82) is 0 Å². The molecule has 0 unspecified atom stereocenters. The summed E-state index contributed by atoms with van der Waals surface area (Å²) in [6.45, 7) is 0. The lowest BCUT2D eigenvalue weighted by atomic mass is 9.67. The normalized spacial score (nSPS) is 12.9. The lowest BCUT2D eigenvalue weighted by Crippen LogP contribution is -2.28. The lowest BCUT2D eigenvalue weighted by molar-refractivity contribution is 0.661. The van der Waals surface area contributed by atoms with Gasteiger partial charge in [-0.05, 0) is 105 Å². The molecule has 3 nitrogen and oxygen atoms in total. The van der Waals surface area contributed by atoms with Crippen molar-refractivity contribution in [3.8, 4) is 39.1 Å². The molecule has 0 radical (unpaired) electrons. The van der Waals surface area contributed by atoms with Gasteiger partial charge in [-0.2, -0.15) is 0 Å². The van der Waals surface area contributed by atoms with E-state index in [2.05, 4.69) is 174 Å². The monoisotopic (exact) mass is 753 g/mol. The fourth-order valence-corrected chi connectivity index (χ4v) is 9.92. The van der Waals surface area contributed by atoms with Gasteiger partial charge in [0.25, 0.3) is 0 Å². The Balaban J connectivity index is 1.08. The minimum atomic E-state index is -0.564. The largest absolute Gasteiger partial charge is 0.455 e. The van der Waals surface area contributed by atoms with Crippen molar-refractivity contribution in [2.45, 2.75) is 5.41 Å². The molecule has 0 atom stereocenters. The minimum absolute atomic E-state index is 0.0150. The summed E-state index contributed by atoms with van der Waals surface area (Å²) in [5, 5.41) is 3.66. The molecule has 11 aromatic rings. The van der Waals surface area contributed by atoms with E-state index in [-0.39, 0.29) is 5.43 Å². The third-order valence-corrected chi connectivity index (χ3v) is 12.5. The standard InChI is InChI=1S/C56H35NO2/c58-54-46-23-9-12-28-53(46)59-55-42(24-14-25-47(54)55)38-16-13-15-36(33-38)37-29-32-49-48(34-37)43-31-30-41(57-51-26-10-7-21-44(51)45-22-8-11-27-52(45)57)35-50(43)56(49,39-17-3-1-4-18-39)40-19-5-2-6-20-40/h1-35H. The van der Waals surface area contributed by atoms with Crippen molar-refractivity contribution >= 4 is 43.7 Å². The van der Waals surface area contributed by atoms with Gasteiger partial charge in [-0.25, -0.2) is 0 Å². The van der Waals surface area contributed by atoms with Crippen molar-refractivity contribution < 1.29 is 4.42 Å². The number of rotatable bonds is 5. The zero-order valence-corrected chi connectivity index (χ0v) is 32.0. The Labute approximate surface area is 340 Å². The highest BCUT2D eigenvalue weighted by atomic mass is 16.3. The van der Waals surface area contributed by atoms with Crippen LogP contribution in [0.3, 0.4) is 0 Å². The third-order valence-electron chi connectivity index (χ3n) is 12.5. The third kappa shape index (κ3) is 4.85. The van der Waals surface area contributed by atoms with E-state index in [0.29, 0.717) is 21.9 Å². The second-order valence-corrected chi connectivity index (χ2v) is 15.5. The van der Waals surface area contributed by atoms with Crippen LogP contribution < -0.4 is 5.43 Å². The van der Waals surface area contributed by atoms with Gasteiger partial charge in [0.1, 0.15) is 11.2 Å². The van der Waals surface area contributed by atoms with E-state index in [4.69, 9.17) is 4.42 Å². The Hall–Kier alpha value is -7.75. The second-order valence-electron chi connectivity index (χ2n) is 15.5. The topological polar surface area (TPSA) is 35.1 Å². The highest BCUT2D eigenvalue weighted by Gasteiger charge is 2.46. The Morgan fingerprint density at radius 1 is 0.390 bits per heavy atom. The molecule has 0 saturated heterocycles. The summed E-state index contributed by atoms with van der Waals surface area (Å²) in [5.41, 5.74) is 15.6. The van der Waals surface area contributed by atoms with Crippen LogP contribution in [0, 0.1) is 0 Å². The molecule has 9 aromatic carbocycles. The van der Waals surface area contributed by atoms with Crippen molar-refractivity contribution in [2.75, 3.05) is 0 Å². The van der Waals surface area contributed by atoms with Crippen molar-refractivity contribution in [3.63, 3.8) is 0 Å².